The molecule has 0 fully saturated rings. The molecule has 1 aromatic rings. The van der Waals surface area contributed by atoms with E-state index in [0.717, 1.165) is 12.8 Å². The Morgan fingerprint density at radius 1 is 1.73 bits per heavy atom. The Bertz CT molecular complexity index is 233. The van der Waals surface area contributed by atoms with Crippen molar-refractivity contribution in [1.29, 1.82) is 0 Å². The SMILES string of the molecule is [C-]#[N+]C(CCC)c1cccs1. The molecule has 1 heterocycles. The molecule has 0 bridgehead atoms. The summed E-state index contributed by atoms with van der Waals surface area (Å²) in [5.74, 6) is 0. The highest BCUT2D eigenvalue weighted by molar-refractivity contribution is 7.10. The van der Waals surface area contributed by atoms with Crippen molar-refractivity contribution in [2.75, 3.05) is 0 Å². The number of thiophene rings is 1. The van der Waals surface area contributed by atoms with E-state index in [1.54, 1.807) is 11.3 Å². The summed E-state index contributed by atoms with van der Waals surface area (Å²) in [6.07, 6.45) is 2.08. The van der Waals surface area contributed by atoms with E-state index in [-0.39, 0.29) is 6.04 Å². The Morgan fingerprint density at radius 3 is 3.00 bits per heavy atom. The predicted molar refractivity (Wildman–Crippen MR) is 48.6 cm³/mol. The van der Waals surface area contributed by atoms with Gasteiger partial charge in [0.25, 0.3) is 6.04 Å². The average molecular weight is 165 g/mol. The molecule has 0 aromatic carbocycles. The Labute approximate surface area is 71.5 Å². The number of hydrogen-bond acceptors (Lipinski definition) is 1. The summed E-state index contributed by atoms with van der Waals surface area (Å²) in [7, 11) is 0. The van der Waals surface area contributed by atoms with Gasteiger partial charge in [0.15, 0.2) is 0 Å². The third-order valence-electron chi connectivity index (χ3n) is 1.59. The van der Waals surface area contributed by atoms with E-state index in [9.17, 15) is 0 Å². The lowest BCUT2D eigenvalue weighted by Crippen LogP contribution is -1.87. The monoisotopic (exact) mass is 165 g/mol. The summed E-state index contributed by atoms with van der Waals surface area (Å²) >= 11 is 1.68. The fraction of sp³-hybridized carbons (Fsp3) is 0.444. The predicted octanol–water partition coefficient (Wildman–Crippen LogP) is 3.51. The minimum atomic E-state index is 0.111. The third-order valence-corrected chi connectivity index (χ3v) is 2.56. The van der Waals surface area contributed by atoms with E-state index in [1.165, 1.54) is 4.88 Å². The fourth-order valence-corrected chi connectivity index (χ4v) is 1.82. The molecule has 2 heteroatoms. The molecular weight excluding hydrogens is 154 g/mol. The van der Waals surface area contributed by atoms with Gasteiger partial charge in [-0.1, -0.05) is 13.0 Å². The van der Waals surface area contributed by atoms with Gasteiger partial charge in [-0.05, 0) is 17.9 Å². The molecule has 0 aliphatic carbocycles. The van der Waals surface area contributed by atoms with Crippen molar-refractivity contribution >= 4 is 11.3 Å². The van der Waals surface area contributed by atoms with Crippen LogP contribution in [0.25, 0.3) is 4.85 Å². The Kier molecular flexibility index (Phi) is 3.13. The minimum absolute atomic E-state index is 0.111. The second-order valence-corrected chi connectivity index (χ2v) is 3.43. The largest absolute Gasteiger partial charge is 0.308 e. The van der Waals surface area contributed by atoms with Crippen LogP contribution >= 0.6 is 11.3 Å². The lowest BCUT2D eigenvalue weighted by atomic mass is 10.1. The minimum Gasteiger partial charge on any atom is -0.308 e. The first-order valence-corrected chi connectivity index (χ1v) is 4.66. The van der Waals surface area contributed by atoms with Crippen LogP contribution in [0.5, 0.6) is 0 Å². The quantitative estimate of drug-likeness (QED) is 0.604. The zero-order chi connectivity index (χ0) is 8.10. The maximum Gasteiger partial charge on any atom is 0.257 e. The van der Waals surface area contributed by atoms with Crippen molar-refractivity contribution in [2.45, 2.75) is 25.8 Å². The molecule has 0 radical (unpaired) electrons. The Hall–Kier alpha value is -0.810. The number of hydrogen-bond donors (Lipinski definition) is 0. The standard InChI is InChI=1S/C9H11NS/c1-3-5-8(10-2)9-6-4-7-11-9/h4,6-8H,3,5H2,1H3. The molecule has 0 saturated carbocycles. The molecule has 0 spiro atoms. The summed E-state index contributed by atoms with van der Waals surface area (Å²) in [5.41, 5.74) is 0. The molecule has 0 saturated heterocycles. The topological polar surface area (TPSA) is 4.36 Å². The molecule has 11 heavy (non-hydrogen) atoms. The summed E-state index contributed by atoms with van der Waals surface area (Å²) in [4.78, 5) is 4.79. The van der Waals surface area contributed by atoms with E-state index in [4.69, 9.17) is 6.57 Å². The molecule has 1 rings (SSSR count). The Balaban J connectivity index is 2.65. The molecule has 0 aliphatic heterocycles. The van der Waals surface area contributed by atoms with E-state index >= 15 is 0 Å². The van der Waals surface area contributed by atoms with Gasteiger partial charge in [0.2, 0.25) is 0 Å². The number of nitrogens with zero attached hydrogens (tertiary/aromatic N) is 1. The van der Waals surface area contributed by atoms with Gasteiger partial charge in [0.05, 0.1) is 4.88 Å². The third kappa shape index (κ3) is 2.06. The van der Waals surface area contributed by atoms with Crippen molar-refractivity contribution in [2.24, 2.45) is 0 Å². The maximum absolute atomic E-state index is 6.97. The first-order chi connectivity index (χ1) is 5.38. The lowest BCUT2D eigenvalue weighted by Gasteiger charge is -1.98. The van der Waals surface area contributed by atoms with E-state index < -0.39 is 0 Å². The highest BCUT2D eigenvalue weighted by atomic mass is 32.1. The highest BCUT2D eigenvalue weighted by Crippen LogP contribution is 2.26. The smallest absolute Gasteiger partial charge is 0.257 e. The molecule has 0 N–H and O–H groups in total. The first kappa shape index (κ1) is 8.29. The van der Waals surface area contributed by atoms with Gasteiger partial charge in [-0.25, -0.2) is 6.57 Å². The van der Waals surface area contributed by atoms with Crippen molar-refractivity contribution in [3.63, 3.8) is 0 Å². The normalized spacial score (nSPS) is 12.4. The first-order valence-electron chi connectivity index (χ1n) is 3.78. The molecule has 1 unspecified atom stereocenters. The van der Waals surface area contributed by atoms with Gasteiger partial charge < -0.3 is 4.85 Å². The average Bonchev–Trinajstić information content (AvgIpc) is 2.52. The summed E-state index contributed by atoms with van der Waals surface area (Å²) < 4.78 is 0. The fourth-order valence-electron chi connectivity index (χ4n) is 1.02. The van der Waals surface area contributed by atoms with Crippen LogP contribution in [-0.4, -0.2) is 0 Å². The van der Waals surface area contributed by atoms with Gasteiger partial charge in [-0.3, -0.25) is 0 Å². The van der Waals surface area contributed by atoms with Gasteiger partial charge in [-0.15, -0.1) is 11.3 Å². The van der Waals surface area contributed by atoms with Gasteiger partial charge >= 0.3 is 0 Å². The van der Waals surface area contributed by atoms with Crippen LogP contribution in [0, 0.1) is 6.57 Å². The van der Waals surface area contributed by atoms with Crippen molar-refractivity contribution in [1.82, 2.24) is 0 Å². The van der Waals surface area contributed by atoms with Crippen LogP contribution in [-0.2, 0) is 0 Å². The second-order valence-electron chi connectivity index (χ2n) is 2.45. The van der Waals surface area contributed by atoms with Gasteiger partial charge in [0, 0.05) is 6.42 Å². The molecule has 0 amide bonds. The van der Waals surface area contributed by atoms with Crippen LogP contribution in [0.2, 0.25) is 0 Å². The zero-order valence-corrected chi connectivity index (χ0v) is 7.40. The lowest BCUT2D eigenvalue weighted by molar-refractivity contribution is 0.724. The van der Waals surface area contributed by atoms with Gasteiger partial charge in [-0.2, -0.15) is 0 Å². The van der Waals surface area contributed by atoms with Crippen LogP contribution in [0.15, 0.2) is 17.5 Å². The zero-order valence-electron chi connectivity index (χ0n) is 6.58. The molecule has 1 nitrogen and oxygen atoms in total. The summed E-state index contributed by atoms with van der Waals surface area (Å²) in [6, 6.07) is 4.16. The van der Waals surface area contributed by atoms with E-state index in [1.807, 2.05) is 17.5 Å². The summed E-state index contributed by atoms with van der Waals surface area (Å²) in [5, 5.41) is 2.03. The molecule has 1 atom stereocenters. The Morgan fingerprint density at radius 2 is 2.55 bits per heavy atom. The van der Waals surface area contributed by atoms with Crippen LogP contribution < -0.4 is 0 Å². The number of rotatable bonds is 3. The van der Waals surface area contributed by atoms with Crippen LogP contribution in [0.3, 0.4) is 0 Å². The van der Waals surface area contributed by atoms with Crippen molar-refractivity contribution in [3.05, 3.63) is 33.8 Å². The van der Waals surface area contributed by atoms with E-state index in [0.29, 0.717) is 0 Å². The molecule has 58 valence electrons. The van der Waals surface area contributed by atoms with Crippen LogP contribution in [0.1, 0.15) is 30.7 Å². The molecule has 1 aromatic heterocycles. The van der Waals surface area contributed by atoms with Crippen LogP contribution in [0.4, 0.5) is 0 Å². The summed E-state index contributed by atoms with van der Waals surface area (Å²) in [6.45, 7) is 9.09. The van der Waals surface area contributed by atoms with E-state index in [2.05, 4.69) is 11.8 Å². The highest BCUT2D eigenvalue weighted by Gasteiger charge is 2.14. The molecular formula is C9H11NS. The van der Waals surface area contributed by atoms with Crippen molar-refractivity contribution in [3.8, 4) is 0 Å². The molecule has 0 aliphatic rings. The second kappa shape index (κ2) is 4.15. The van der Waals surface area contributed by atoms with Gasteiger partial charge in [0.1, 0.15) is 0 Å². The van der Waals surface area contributed by atoms with Crippen molar-refractivity contribution < 1.29 is 0 Å². The maximum atomic E-state index is 6.97.